The third-order valence-electron chi connectivity index (χ3n) is 4.32. The highest BCUT2D eigenvalue weighted by Crippen LogP contribution is 2.38. The number of nitrogens with one attached hydrogen (secondary N) is 1. The zero-order valence-corrected chi connectivity index (χ0v) is 15.2. The van der Waals surface area contributed by atoms with E-state index >= 15 is 0 Å². The lowest BCUT2D eigenvalue weighted by Gasteiger charge is -2.08. The standard InChI is InChI=1S/C19H8ClF6N3O/c20-9-3-1-8(2-4-9)16-17(19(24,25)26)28-29-15(30)7-14(27-18(16)29)10-5-12(22)13(23)6-11(10)21/h1-7,28H. The summed E-state index contributed by atoms with van der Waals surface area (Å²) in [5.41, 5.74) is -4.25. The minimum absolute atomic E-state index is 0.0280. The number of rotatable bonds is 2. The minimum Gasteiger partial charge on any atom is -0.284 e. The van der Waals surface area contributed by atoms with Gasteiger partial charge in [-0.2, -0.15) is 13.2 Å². The van der Waals surface area contributed by atoms with Crippen LogP contribution in [0.3, 0.4) is 0 Å². The van der Waals surface area contributed by atoms with Crippen LogP contribution in [0.1, 0.15) is 5.69 Å². The van der Waals surface area contributed by atoms with Gasteiger partial charge in [0, 0.05) is 22.7 Å². The van der Waals surface area contributed by atoms with E-state index in [1.165, 1.54) is 24.3 Å². The van der Waals surface area contributed by atoms with E-state index in [2.05, 4.69) is 4.98 Å². The maximum Gasteiger partial charge on any atom is 0.433 e. The largest absolute Gasteiger partial charge is 0.433 e. The van der Waals surface area contributed by atoms with Crippen LogP contribution in [-0.2, 0) is 6.18 Å². The van der Waals surface area contributed by atoms with Gasteiger partial charge in [0.25, 0.3) is 5.56 Å². The van der Waals surface area contributed by atoms with Crippen molar-refractivity contribution < 1.29 is 26.3 Å². The second kappa shape index (κ2) is 6.91. The summed E-state index contributed by atoms with van der Waals surface area (Å²) in [7, 11) is 0. The van der Waals surface area contributed by atoms with Crippen LogP contribution in [0, 0.1) is 17.5 Å². The molecule has 0 aliphatic heterocycles. The Bertz CT molecular complexity index is 1340. The van der Waals surface area contributed by atoms with Gasteiger partial charge >= 0.3 is 6.18 Å². The van der Waals surface area contributed by atoms with Gasteiger partial charge in [0.2, 0.25) is 0 Å². The summed E-state index contributed by atoms with van der Waals surface area (Å²) < 4.78 is 82.3. The quantitative estimate of drug-likeness (QED) is 0.331. The van der Waals surface area contributed by atoms with Crippen molar-refractivity contribution in [2.45, 2.75) is 6.18 Å². The Labute approximate surface area is 168 Å². The fourth-order valence-electron chi connectivity index (χ4n) is 2.99. The van der Waals surface area contributed by atoms with Gasteiger partial charge < -0.3 is 0 Å². The number of fused-ring (bicyclic) bond motifs is 1. The molecule has 0 atom stereocenters. The lowest BCUT2D eigenvalue weighted by molar-refractivity contribution is -0.140. The Kier molecular flexibility index (Phi) is 4.61. The van der Waals surface area contributed by atoms with Crippen molar-refractivity contribution in [3.8, 4) is 22.4 Å². The molecule has 0 amide bonds. The topological polar surface area (TPSA) is 50.2 Å². The molecule has 2 aromatic carbocycles. The van der Waals surface area contributed by atoms with Crippen LogP contribution in [0.25, 0.3) is 28.0 Å². The highest BCUT2D eigenvalue weighted by molar-refractivity contribution is 6.30. The van der Waals surface area contributed by atoms with E-state index in [-0.39, 0.29) is 16.7 Å². The van der Waals surface area contributed by atoms with Gasteiger partial charge in [0.15, 0.2) is 17.3 Å². The number of benzene rings is 2. The van der Waals surface area contributed by atoms with Crippen molar-refractivity contribution in [1.29, 1.82) is 0 Å². The maximum atomic E-state index is 14.2. The van der Waals surface area contributed by atoms with Gasteiger partial charge in [-0.15, -0.1) is 0 Å². The van der Waals surface area contributed by atoms with Crippen molar-refractivity contribution >= 4 is 17.2 Å². The molecule has 2 heterocycles. The Morgan fingerprint density at radius 3 is 2.20 bits per heavy atom. The number of hydrogen-bond acceptors (Lipinski definition) is 2. The van der Waals surface area contributed by atoms with E-state index in [9.17, 15) is 31.1 Å². The average molecular weight is 444 g/mol. The zero-order valence-electron chi connectivity index (χ0n) is 14.5. The normalized spacial score (nSPS) is 12.0. The molecule has 4 aromatic rings. The lowest BCUT2D eigenvalue weighted by atomic mass is 10.1. The van der Waals surface area contributed by atoms with Crippen molar-refractivity contribution in [2.24, 2.45) is 0 Å². The molecule has 0 saturated heterocycles. The third-order valence-corrected chi connectivity index (χ3v) is 4.57. The number of halogens is 7. The van der Waals surface area contributed by atoms with Gasteiger partial charge in [0.05, 0.1) is 11.3 Å². The minimum atomic E-state index is -4.89. The summed E-state index contributed by atoms with van der Waals surface area (Å²) in [5, 5.41) is 2.22. The Morgan fingerprint density at radius 2 is 1.57 bits per heavy atom. The molecule has 4 rings (SSSR count). The molecule has 0 bridgehead atoms. The molecule has 30 heavy (non-hydrogen) atoms. The molecule has 1 N–H and O–H groups in total. The first kappa shape index (κ1) is 20.0. The predicted molar refractivity (Wildman–Crippen MR) is 96.6 cm³/mol. The van der Waals surface area contributed by atoms with Crippen LogP contribution in [0.15, 0.2) is 47.3 Å². The van der Waals surface area contributed by atoms with E-state index in [1.807, 2.05) is 5.10 Å². The van der Waals surface area contributed by atoms with Crippen molar-refractivity contribution in [1.82, 2.24) is 14.6 Å². The highest BCUT2D eigenvalue weighted by Gasteiger charge is 2.38. The number of aromatic amines is 1. The van der Waals surface area contributed by atoms with Gasteiger partial charge in [-0.25, -0.2) is 22.7 Å². The van der Waals surface area contributed by atoms with Crippen LogP contribution in [0.5, 0.6) is 0 Å². The second-order valence-corrected chi connectivity index (χ2v) is 6.69. The third kappa shape index (κ3) is 3.32. The molecular formula is C19H8ClF6N3O. The summed E-state index contributed by atoms with van der Waals surface area (Å²) in [6.45, 7) is 0. The van der Waals surface area contributed by atoms with E-state index < -0.39 is 57.3 Å². The Morgan fingerprint density at radius 1 is 0.933 bits per heavy atom. The first-order chi connectivity index (χ1) is 14.1. The SMILES string of the molecule is O=c1cc(-c2cc(F)c(F)cc2F)nc2c(-c3ccc(Cl)cc3)c(C(F)(F)F)[nH]n12. The fraction of sp³-hybridized carbons (Fsp3) is 0.0526. The molecule has 0 saturated carbocycles. The number of hydrogen-bond donors (Lipinski definition) is 1. The van der Waals surface area contributed by atoms with Crippen LogP contribution in [0.2, 0.25) is 5.02 Å². The van der Waals surface area contributed by atoms with Gasteiger partial charge in [-0.05, 0) is 23.8 Å². The zero-order chi connectivity index (χ0) is 21.8. The molecule has 0 aliphatic rings. The van der Waals surface area contributed by atoms with Crippen LogP contribution in [0.4, 0.5) is 26.3 Å². The maximum absolute atomic E-state index is 14.2. The smallest absolute Gasteiger partial charge is 0.284 e. The fourth-order valence-corrected chi connectivity index (χ4v) is 3.12. The Balaban J connectivity index is 2.08. The molecule has 0 spiro atoms. The van der Waals surface area contributed by atoms with Crippen molar-refractivity contribution in [3.63, 3.8) is 0 Å². The van der Waals surface area contributed by atoms with Crippen molar-refractivity contribution in [2.75, 3.05) is 0 Å². The average Bonchev–Trinajstić information content (AvgIpc) is 3.06. The number of aromatic nitrogens is 3. The van der Waals surface area contributed by atoms with E-state index in [4.69, 9.17) is 11.6 Å². The predicted octanol–water partition coefficient (Wildman–Crippen LogP) is 5.45. The van der Waals surface area contributed by atoms with Gasteiger partial charge in [-0.3, -0.25) is 9.89 Å². The second-order valence-electron chi connectivity index (χ2n) is 6.25. The molecule has 0 aliphatic carbocycles. The first-order valence-electron chi connectivity index (χ1n) is 8.20. The molecule has 0 unspecified atom stereocenters. The van der Waals surface area contributed by atoms with Gasteiger partial charge in [0.1, 0.15) is 11.5 Å². The van der Waals surface area contributed by atoms with E-state index in [0.29, 0.717) is 16.6 Å². The van der Waals surface area contributed by atoms with Crippen LogP contribution in [-0.4, -0.2) is 14.6 Å². The summed E-state index contributed by atoms with van der Waals surface area (Å²) >= 11 is 5.79. The first-order valence-corrected chi connectivity index (χ1v) is 8.58. The molecule has 4 nitrogen and oxygen atoms in total. The van der Waals surface area contributed by atoms with Crippen LogP contribution >= 0.6 is 11.6 Å². The van der Waals surface area contributed by atoms with Crippen LogP contribution < -0.4 is 5.56 Å². The molecular weight excluding hydrogens is 436 g/mol. The molecule has 0 fully saturated rings. The van der Waals surface area contributed by atoms with E-state index in [1.54, 1.807) is 0 Å². The number of alkyl halides is 3. The molecule has 11 heteroatoms. The van der Waals surface area contributed by atoms with Crippen molar-refractivity contribution in [3.05, 3.63) is 81.0 Å². The lowest BCUT2D eigenvalue weighted by Crippen LogP contribution is -2.15. The monoisotopic (exact) mass is 443 g/mol. The summed E-state index contributed by atoms with van der Waals surface area (Å²) in [6.07, 6.45) is -4.89. The molecule has 0 radical (unpaired) electrons. The summed E-state index contributed by atoms with van der Waals surface area (Å²) in [4.78, 5) is 16.4. The number of H-pyrrole nitrogens is 1. The Hall–Kier alpha value is -3.27. The summed E-state index contributed by atoms with van der Waals surface area (Å²) in [5.74, 6) is -4.10. The highest BCUT2D eigenvalue weighted by atomic mass is 35.5. The molecule has 154 valence electrons. The number of nitrogens with zero attached hydrogens (tertiary/aromatic N) is 2. The van der Waals surface area contributed by atoms with E-state index in [0.717, 1.165) is 0 Å². The summed E-state index contributed by atoms with van der Waals surface area (Å²) in [6, 6.07) is 6.71. The molecule has 2 aromatic heterocycles. The van der Waals surface area contributed by atoms with Gasteiger partial charge in [-0.1, -0.05) is 23.7 Å².